The first-order chi connectivity index (χ1) is 15.0. The summed E-state index contributed by atoms with van der Waals surface area (Å²) < 4.78 is 6.01. The molecule has 0 spiro atoms. The minimum atomic E-state index is -0.363. The monoisotopic (exact) mass is 461 g/mol. The Hall–Kier alpha value is -1.39. The van der Waals surface area contributed by atoms with Crippen molar-refractivity contribution in [1.82, 2.24) is 4.90 Å². The number of furan rings is 1. The van der Waals surface area contributed by atoms with Gasteiger partial charge in [0.1, 0.15) is 11.5 Å². The van der Waals surface area contributed by atoms with Gasteiger partial charge in [0.2, 0.25) is 0 Å². The van der Waals surface area contributed by atoms with E-state index in [-0.39, 0.29) is 57.4 Å². The van der Waals surface area contributed by atoms with Crippen molar-refractivity contribution in [2.24, 2.45) is 16.8 Å². The summed E-state index contributed by atoms with van der Waals surface area (Å²) in [5, 5.41) is 3.81. The molecule has 1 aromatic heterocycles. The minimum absolute atomic E-state index is 0. The van der Waals surface area contributed by atoms with Gasteiger partial charge in [-0.3, -0.25) is 4.90 Å². The van der Waals surface area contributed by atoms with Crippen LogP contribution in [0.15, 0.2) is 46.9 Å². The SMILES string of the molecule is C=Cc1cc(C(/C(=N/N)[N-]N)N2CCN(c3c(C)cccc3C)CC2)oc1C=C.[CH2-]C.[K+]. The topological polar surface area (TPSA) is 98.1 Å². The molecule has 3 rings (SSSR count). The first-order valence-electron chi connectivity index (χ1n) is 10.4. The van der Waals surface area contributed by atoms with Crippen molar-refractivity contribution >= 4 is 23.7 Å². The molecule has 0 saturated carbocycles. The summed E-state index contributed by atoms with van der Waals surface area (Å²) in [5.74, 6) is 12.8. The zero-order valence-electron chi connectivity index (χ0n) is 19.8. The maximum Gasteiger partial charge on any atom is 1.00 e. The van der Waals surface area contributed by atoms with E-state index in [1.54, 1.807) is 19.1 Å². The van der Waals surface area contributed by atoms with Crippen LogP contribution in [0.3, 0.4) is 0 Å². The number of para-hydroxylation sites is 1. The van der Waals surface area contributed by atoms with Crippen molar-refractivity contribution in [2.75, 3.05) is 31.1 Å². The van der Waals surface area contributed by atoms with Gasteiger partial charge in [-0.25, -0.2) is 0 Å². The van der Waals surface area contributed by atoms with E-state index in [9.17, 15) is 0 Å². The summed E-state index contributed by atoms with van der Waals surface area (Å²) in [5.41, 5.74) is 8.55. The number of piperazine rings is 1. The molecule has 1 fully saturated rings. The van der Waals surface area contributed by atoms with E-state index in [1.165, 1.54) is 16.8 Å². The van der Waals surface area contributed by atoms with Crippen molar-refractivity contribution in [2.45, 2.75) is 26.8 Å². The molecule has 32 heavy (non-hydrogen) atoms. The van der Waals surface area contributed by atoms with Crippen LogP contribution in [-0.2, 0) is 0 Å². The molecule has 168 valence electrons. The summed E-state index contributed by atoms with van der Waals surface area (Å²) in [7, 11) is 0. The fraction of sp³-hybridized carbons (Fsp3) is 0.333. The smallest absolute Gasteiger partial charge is 0.459 e. The number of amidine groups is 1. The standard InChI is InChI=1S/C22H29N6O.C2H5.K/c1-5-17-14-19(29-18(17)6-2)21(22(25-23)26-24)28-12-10-27(11-13-28)20-15(3)8-7-9-16(20)4;1-2;/h5-9,14,21H,1-2,10-13,23-24H2,3-4H3;1H2,2H3;/q2*-1;+1. The number of hydrazone groups is 1. The van der Waals surface area contributed by atoms with Gasteiger partial charge in [-0.2, -0.15) is 6.92 Å². The van der Waals surface area contributed by atoms with Crippen LogP contribution < -0.4 is 68.0 Å². The third-order valence-electron chi connectivity index (χ3n) is 5.43. The molecule has 0 bridgehead atoms. The van der Waals surface area contributed by atoms with E-state index in [4.69, 9.17) is 16.1 Å². The van der Waals surface area contributed by atoms with Gasteiger partial charge < -0.3 is 38.5 Å². The maximum atomic E-state index is 6.01. The van der Waals surface area contributed by atoms with E-state index < -0.39 is 0 Å². The Labute approximate surface area is 235 Å². The second kappa shape index (κ2) is 14.0. The fourth-order valence-electron chi connectivity index (χ4n) is 4.05. The average molecular weight is 462 g/mol. The molecule has 1 aliphatic heterocycles. The van der Waals surface area contributed by atoms with Crippen LogP contribution in [0.25, 0.3) is 17.6 Å². The average Bonchev–Trinajstić information content (AvgIpc) is 3.22. The summed E-state index contributed by atoms with van der Waals surface area (Å²) in [6.45, 7) is 20.3. The van der Waals surface area contributed by atoms with Crippen LogP contribution >= 0.6 is 0 Å². The number of benzene rings is 1. The second-order valence-electron chi connectivity index (χ2n) is 7.16. The largest absolute Gasteiger partial charge is 1.00 e. The van der Waals surface area contributed by atoms with Gasteiger partial charge in [0.15, 0.2) is 0 Å². The number of anilines is 1. The minimum Gasteiger partial charge on any atom is -0.459 e. The number of rotatable bonds is 6. The van der Waals surface area contributed by atoms with E-state index >= 15 is 0 Å². The zero-order valence-corrected chi connectivity index (χ0v) is 23.0. The van der Waals surface area contributed by atoms with E-state index in [1.807, 2.05) is 6.07 Å². The first-order valence-corrected chi connectivity index (χ1v) is 10.4. The van der Waals surface area contributed by atoms with Gasteiger partial charge in [0.25, 0.3) is 0 Å². The fourth-order valence-corrected chi connectivity index (χ4v) is 4.05. The molecule has 0 radical (unpaired) electrons. The molecule has 0 amide bonds. The molecule has 1 aliphatic rings. The third-order valence-corrected chi connectivity index (χ3v) is 5.43. The Kier molecular flexibility index (Phi) is 12.5. The van der Waals surface area contributed by atoms with Crippen molar-refractivity contribution in [3.05, 3.63) is 78.0 Å². The summed E-state index contributed by atoms with van der Waals surface area (Å²) in [6, 6.07) is 7.96. The third kappa shape index (κ3) is 6.35. The number of aryl methyl sites for hydroxylation is 2. The van der Waals surface area contributed by atoms with E-state index in [0.717, 1.165) is 31.7 Å². The Morgan fingerprint density at radius 3 is 2.19 bits per heavy atom. The van der Waals surface area contributed by atoms with Crippen LogP contribution in [0.1, 0.15) is 41.2 Å². The second-order valence-corrected chi connectivity index (χ2v) is 7.16. The van der Waals surface area contributed by atoms with Crippen molar-refractivity contribution in [1.29, 1.82) is 0 Å². The number of hydrogen-bond donors (Lipinski definition) is 2. The Balaban J connectivity index is 0.00000166. The van der Waals surface area contributed by atoms with Gasteiger partial charge in [-0.15, -0.1) is 0 Å². The van der Waals surface area contributed by atoms with Gasteiger partial charge in [-0.05, 0) is 43.0 Å². The number of hydrogen-bond acceptors (Lipinski definition) is 6. The van der Waals surface area contributed by atoms with E-state index in [2.05, 4.69) is 72.5 Å². The molecule has 2 aromatic rings. The van der Waals surface area contributed by atoms with Gasteiger partial charge >= 0.3 is 51.4 Å². The predicted octanol–water partition coefficient (Wildman–Crippen LogP) is 1.41. The van der Waals surface area contributed by atoms with Crippen LogP contribution in [0.4, 0.5) is 5.69 Å². The van der Waals surface area contributed by atoms with Crippen LogP contribution in [0.2, 0.25) is 0 Å². The Morgan fingerprint density at radius 2 is 1.75 bits per heavy atom. The summed E-state index contributed by atoms with van der Waals surface area (Å²) in [6.07, 6.45) is 3.40. The maximum absolute atomic E-state index is 6.01. The van der Waals surface area contributed by atoms with Crippen molar-refractivity contribution in [3.63, 3.8) is 0 Å². The molecule has 1 unspecified atom stereocenters. The molecular formula is C24H34KN6O-. The van der Waals surface area contributed by atoms with Crippen LogP contribution in [0.5, 0.6) is 0 Å². The molecule has 1 saturated heterocycles. The van der Waals surface area contributed by atoms with Gasteiger partial charge in [0, 0.05) is 37.4 Å². The molecule has 2 heterocycles. The van der Waals surface area contributed by atoms with Crippen LogP contribution in [0, 0.1) is 20.8 Å². The quantitative estimate of drug-likeness (QED) is 0.169. The van der Waals surface area contributed by atoms with Crippen LogP contribution in [-0.4, -0.2) is 36.9 Å². The molecular weight excluding hydrogens is 427 g/mol. The summed E-state index contributed by atoms with van der Waals surface area (Å²) in [4.78, 5) is 4.66. The molecule has 1 atom stereocenters. The Bertz CT molecular complexity index is 869. The summed E-state index contributed by atoms with van der Waals surface area (Å²) >= 11 is 0. The number of nitrogens with two attached hydrogens (primary N) is 2. The van der Waals surface area contributed by atoms with Gasteiger partial charge in [0.05, 0.1) is 6.04 Å². The van der Waals surface area contributed by atoms with Crippen molar-refractivity contribution < 1.29 is 55.8 Å². The molecule has 8 heteroatoms. The molecule has 7 nitrogen and oxygen atoms in total. The molecule has 0 aliphatic carbocycles. The van der Waals surface area contributed by atoms with E-state index in [0.29, 0.717) is 17.4 Å². The van der Waals surface area contributed by atoms with Crippen molar-refractivity contribution in [3.8, 4) is 0 Å². The zero-order chi connectivity index (χ0) is 23.0. The molecule has 4 N–H and O–H groups in total. The van der Waals surface area contributed by atoms with Gasteiger partial charge in [-0.1, -0.05) is 37.4 Å². The first kappa shape index (κ1) is 28.6. The normalized spacial score (nSPS) is 15.2. The predicted molar refractivity (Wildman–Crippen MR) is 132 cm³/mol. The number of nitrogens with zero attached hydrogens (tertiary/aromatic N) is 4. The Morgan fingerprint density at radius 1 is 1.16 bits per heavy atom. The molecule has 1 aromatic carbocycles.